The molecular weight excluding hydrogens is 253 g/mol. The number of alkyl halides is 3. The smallest absolute Gasteiger partial charge is 0.326 e. The van der Waals surface area contributed by atoms with Gasteiger partial charge in [0.25, 0.3) is 0 Å². The van der Waals surface area contributed by atoms with Crippen molar-refractivity contribution in [3.05, 3.63) is 0 Å². The highest BCUT2D eigenvalue weighted by molar-refractivity contribution is 4.96. The van der Waals surface area contributed by atoms with E-state index in [1.807, 2.05) is 0 Å². The number of hydrogen-bond donors (Lipinski definition) is 1. The number of hydrogen-bond acceptors (Lipinski definition) is 2. The fraction of sp³-hybridized carbons (Fsp3) is 1.00. The van der Waals surface area contributed by atoms with Crippen molar-refractivity contribution < 1.29 is 13.2 Å². The van der Waals surface area contributed by atoms with Gasteiger partial charge in [-0.05, 0) is 44.6 Å². The first-order valence-electron chi connectivity index (χ1n) is 7.53. The Labute approximate surface area is 113 Å². The molecule has 1 heterocycles. The Kier molecular flexibility index (Phi) is 4.77. The van der Waals surface area contributed by atoms with E-state index in [1.165, 1.54) is 6.42 Å². The van der Waals surface area contributed by atoms with Crippen LogP contribution in [0.2, 0.25) is 0 Å². The fourth-order valence-electron chi connectivity index (χ4n) is 3.91. The van der Waals surface area contributed by atoms with E-state index in [9.17, 15) is 13.2 Å². The lowest BCUT2D eigenvalue weighted by molar-refractivity contribution is -0.204. The highest BCUT2D eigenvalue weighted by atomic mass is 19.4. The molecule has 1 aliphatic carbocycles. The number of piperidine rings is 1. The second-order valence-corrected chi connectivity index (χ2v) is 6.05. The second-order valence-electron chi connectivity index (χ2n) is 6.05. The normalized spacial score (nSPS) is 32.7. The van der Waals surface area contributed by atoms with E-state index in [0.29, 0.717) is 18.9 Å². The SMILES string of the molecule is CCC(N)C(N1CCC[C@H]2CCCC[C@H]21)C(F)(F)F. The van der Waals surface area contributed by atoms with Crippen LogP contribution in [0.5, 0.6) is 0 Å². The van der Waals surface area contributed by atoms with Crippen molar-refractivity contribution in [2.24, 2.45) is 11.7 Å². The van der Waals surface area contributed by atoms with Gasteiger partial charge in [0, 0.05) is 12.1 Å². The summed E-state index contributed by atoms with van der Waals surface area (Å²) in [5.41, 5.74) is 5.79. The predicted molar refractivity (Wildman–Crippen MR) is 69.8 cm³/mol. The lowest BCUT2D eigenvalue weighted by atomic mass is 9.77. The van der Waals surface area contributed by atoms with Crippen molar-refractivity contribution in [1.82, 2.24) is 4.90 Å². The molecule has 2 fully saturated rings. The van der Waals surface area contributed by atoms with E-state index in [0.717, 1.165) is 32.1 Å². The van der Waals surface area contributed by atoms with Crippen molar-refractivity contribution in [2.75, 3.05) is 6.54 Å². The van der Waals surface area contributed by atoms with Gasteiger partial charge in [0.15, 0.2) is 0 Å². The highest BCUT2D eigenvalue weighted by Crippen LogP contribution is 2.40. The predicted octanol–water partition coefficient (Wildman–Crippen LogP) is 3.31. The number of likely N-dealkylation sites (tertiary alicyclic amines) is 1. The van der Waals surface area contributed by atoms with Crippen molar-refractivity contribution >= 4 is 0 Å². The first kappa shape index (κ1) is 15.1. The summed E-state index contributed by atoms with van der Waals surface area (Å²) in [6, 6.07) is -2.16. The molecule has 2 N–H and O–H groups in total. The summed E-state index contributed by atoms with van der Waals surface area (Å²) in [7, 11) is 0. The molecule has 0 aromatic heterocycles. The standard InChI is InChI=1S/C14H25F3N2/c1-2-11(18)13(14(15,16)17)19-9-5-7-10-6-3-4-8-12(10)19/h10-13H,2-9,18H2,1H3/t10-,11?,12-,13?/m1/s1. The molecule has 2 unspecified atom stereocenters. The summed E-state index contributed by atoms with van der Waals surface area (Å²) in [5, 5.41) is 0. The Hall–Kier alpha value is -0.290. The van der Waals surface area contributed by atoms with Crippen LogP contribution in [0.1, 0.15) is 51.9 Å². The van der Waals surface area contributed by atoms with E-state index < -0.39 is 18.3 Å². The van der Waals surface area contributed by atoms with Crippen molar-refractivity contribution in [3.8, 4) is 0 Å². The Morgan fingerprint density at radius 2 is 1.79 bits per heavy atom. The molecule has 112 valence electrons. The first-order chi connectivity index (χ1) is 8.95. The van der Waals surface area contributed by atoms with Gasteiger partial charge in [0.05, 0.1) is 0 Å². The fourth-order valence-corrected chi connectivity index (χ4v) is 3.91. The topological polar surface area (TPSA) is 29.3 Å². The third-order valence-electron chi connectivity index (χ3n) is 4.86. The van der Waals surface area contributed by atoms with Crippen molar-refractivity contribution in [2.45, 2.75) is 76.2 Å². The number of nitrogens with two attached hydrogens (primary N) is 1. The third kappa shape index (κ3) is 3.24. The molecule has 19 heavy (non-hydrogen) atoms. The monoisotopic (exact) mass is 278 g/mol. The Balaban J connectivity index is 2.19. The first-order valence-corrected chi connectivity index (χ1v) is 7.53. The van der Waals surface area contributed by atoms with Crippen LogP contribution in [0.15, 0.2) is 0 Å². The molecule has 0 radical (unpaired) electrons. The summed E-state index contributed by atoms with van der Waals surface area (Å²) < 4.78 is 40.1. The zero-order valence-electron chi connectivity index (χ0n) is 11.6. The van der Waals surface area contributed by atoms with Gasteiger partial charge in [-0.1, -0.05) is 19.8 Å². The molecule has 4 atom stereocenters. The average Bonchev–Trinajstić information content (AvgIpc) is 2.37. The van der Waals surface area contributed by atoms with Crippen LogP contribution in [0.25, 0.3) is 0 Å². The summed E-state index contributed by atoms with van der Waals surface area (Å²) >= 11 is 0. The summed E-state index contributed by atoms with van der Waals surface area (Å²) in [6.45, 7) is 2.30. The van der Waals surface area contributed by atoms with Gasteiger partial charge in [-0.2, -0.15) is 13.2 Å². The van der Waals surface area contributed by atoms with Crippen LogP contribution in [0, 0.1) is 5.92 Å². The molecule has 1 aliphatic heterocycles. The second kappa shape index (κ2) is 6.00. The molecule has 2 aliphatic rings. The summed E-state index contributed by atoms with van der Waals surface area (Å²) in [6.07, 6.45) is 2.36. The molecule has 5 heteroatoms. The Bertz CT molecular complexity index is 291. The van der Waals surface area contributed by atoms with Gasteiger partial charge < -0.3 is 5.73 Å². The van der Waals surface area contributed by atoms with E-state index in [1.54, 1.807) is 11.8 Å². The number of nitrogens with zero attached hydrogens (tertiary/aromatic N) is 1. The van der Waals surface area contributed by atoms with Gasteiger partial charge in [-0.3, -0.25) is 4.90 Å². The molecule has 2 nitrogen and oxygen atoms in total. The quantitative estimate of drug-likeness (QED) is 0.858. The molecule has 0 aromatic rings. The highest BCUT2D eigenvalue weighted by Gasteiger charge is 2.50. The number of rotatable bonds is 3. The number of halogens is 3. The van der Waals surface area contributed by atoms with Crippen LogP contribution in [-0.2, 0) is 0 Å². The minimum Gasteiger partial charge on any atom is -0.326 e. The molecule has 1 saturated carbocycles. The van der Waals surface area contributed by atoms with Gasteiger partial charge in [0.1, 0.15) is 6.04 Å². The zero-order valence-corrected chi connectivity index (χ0v) is 11.6. The van der Waals surface area contributed by atoms with Crippen molar-refractivity contribution in [3.63, 3.8) is 0 Å². The zero-order chi connectivity index (χ0) is 14.0. The van der Waals surface area contributed by atoms with Crippen LogP contribution >= 0.6 is 0 Å². The van der Waals surface area contributed by atoms with E-state index in [-0.39, 0.29) is 6.04 Å². The van der Waals surface area contributed by atoms with Gasteiger partial charge >= 0.3 is 6.18 Å². The van der Waals surface area contributed by atoms with Gasteiger partial charge in [-0.15, -0.1) is 0 Å². The lowest BCUT2D eigenvalue weighted by Gasteiger charge is -2.49. The molecule has 0 aromatic carbocycles. The molecular formula is C14H25F3N2. The summed E-state index contributed by atoms with van der Waals surface area (Å²) in [4.78, 5) is 1.70. The van der Waals surface area contributed by atoms with Crippen molar-refractivity contribution in [1.29, 1.82) is 0 Å². The Morgan fingerprint density at radius 1 is 1.16 bits per heavy atom. The maximum Gasteiger partial charge on any atom is 0.405 e. The molecule has 2 rings (SSSR count). The van der Waals surface area contributed by atoms with E-state index >= 15 is 0 Å². The maximum absolute atomic E-state index is 13.4. The molecule has 1 saturated heterocycles. The van der Waals surface area contributed by atoms with E-state index in [2.05, 4.69) is 0 Å². The third-order valence-corrected chi connectivity index (χ3v) is 4.86. The van der Waals surface area contributed by atoms with Crippen LogP contribution in [0.4, 0.5) is 13.2 Å². The number of fused-ring (bicyclic) bond motifs is 1. The minimum absolute atomic E-state index is 0.103. The van der Waals surface area contributed by atoms with Crippen LogP contribution in [0.3, 0.4) is 0 Å². The molecule has 0 amide bonds. The van der Waals surface area contributed by atoms with Crippen LogP contribution < -0.4 is 5.73 Å². The largest absolute Gasteiger partial charge is 0.405 e. The minimum atomic E-state index is -4.21. The lowest BCUT2D eigenvalue weighted by Crippen LogP contribution is -2.62. The molecule has 0 bridgehead atoms. The average molecular weight is 278 g/mol. The summed E-state index contributed by atoms with van der Waals surface area (Å²) in [5.74, 6) is 0.455. The van der Waals surface area contributed by atoms with Gasteiger partial charge in [-0.25, -0.2) is 0 Å². The molecule has 0 spiro atoms. The van der Waals surface area contributed by atoms with E-state index in [4.69, 9.17) is 5.73 Å². The van der Waals surface area contributed by atoms with Gasteiger partial charge in [0.2, 0.25) is 0 Å². The van der Waals surface area contributed by atoms with Crippen LogP contribution in [-0.4, -0.2) is 35.7 Å². The maximum atomic E-state index is 13.4. The Morgan fingerprint density at radius 3 is 2.42 bits per heavy atom.